The van der Waals surface area contributed by atoms with Crippen LogP contribution in [0.3, 0.4) is 0 Å². The van der Waals surface area contributed by atoms with E-state index in [1.807, 2.05) is 43.4 Å². The fourth-order valence-corrected chi connectivity index (χ4v) is 2.20. The number of rotatable bonds is 4. The molecule has 0 aliphatic rings. The minimum Gasteiger partial charge on any atom is -0.508 e. The van der Waals surface area contributed by atoms with E-state index in [0.29, 0.717) is 11.5 Å². The molecule has 0 radical (unpaired) electrons. The molecule has 98 valence electrons. The molecule has 0 heterocycles. The number of thiocarbonyl (C=S) groups is 1. The number of nitrogens with zero attached hydrogens (tertiary/aromatic N) is 1. The molecular formula is C15H16N2OS. The van der Waals surface area contributed by atoms with E-state index >= 15 is 0 Å². The van der Waals surface area contributed by atoms with Crippen LogP contribution in [-0.4, -0.2) is 17.1 Å². The highest BCUT2D eigenvalue weighted by atomic mass is 32.1. The molecule has 0 saturated carbocycles. The second kappa shape index (κ2) is 5.71. The number of phenolic OH excluding ortho intramolecular Hbond substituents is 1. The maximum atomic E-state index is 9.48. The molecule has 2 aromatic rings. The normalized spacial score (nSPS) is 10.2. The Hall–Kier alpha value is -2.07. The third kappa shape index (κ3) is 3.23. The Balaban J connectivity index is 2.25. The average Bonchev–Trinajstić information content (AvgIpc) is 2.38. The number of hydrogen-bond acceptors (Lipinski definition) is 3. The number of aromatic hydroxyl groups is 1. The Labute approximate surface area is 118 Å². The van der Waals surface area contributed by atoms with Crippen molar-refractivity contribution < 1.29 is 5.11 Å². The Morgan fingerprint density at radius 1 is 1.21 bits per heavy atom. The molecule has 0 spiro atoms. The van der Waals surface area contributed by atoms with Crippen LogP contribution in [0.1, 0.15) is 11.1 Å². The number of para-hydroxylation sites is 1. The summed E-state index contributed by atoms with van der Waals surface area (Å²) in [5, 5.41) is 9.48. The van der Waals surface area contributed by atoms with Gasteiger partial charge in [-0.2, -0.15) is 0 Å². The lowest BCUT2D eigenvalue weighted by Crippen LogP contribution is -2.21. The predicted octanol–water partition coefficient (Wildman–Crippen LogP) is 2.66. The van der Waals surface area contributed by atoms with Gasteiger partial charge in [0.05, 0.1) is 0 Å². The molecule has 0 unspecified atom stereocenters. The smallest absolute Gasteiger partial charge is 0.115 e. The maximum Gasteiger partial charge on any atom is 0.115 e. The second-order valence-electron chi connectivity index (χ2n) is 4.41. The zero-order chi connectivity index (χ0) is 13.8. The van der Waals surface area contributed by atoms with Gasteiger partial charge in [-0.05, 0) is 29.8 Å². The quantitative estimate of drug-likeness (QED) is 0.840. The van der Waals surface area contributed by atoms with Crippen LogP contribution in [0.25, 0.3) is 0 Å². The van der Waals surface area contributed by atoms with Gasteiger partial charge in [-0.15, -0.1) is 0 Å². The molecule has 0 aliphatic heterocycles. The number of hydrogen-bond donors (Lipinski definition) is 2. The molecule has 0 aromatic heterocycles. The van der Waals surface area contributed by atoms with Gasteiger partial charge in [0.1, 0.15) is 10.7 Å². The summed E-state index contributed by atoms with van der Waals surface area (Å²) < 4.78 is 0. The minimum atomic E-state index is 0.272. The average molecular weight is 272 g/mol. The lowest BCUT2D eigenvalue weighted by Gasteiger charge is -2.22. The Morgan fingerprint density at radius 3 is 2.63 bits per heavy atom. The van der Waals surface area contributed by atoms with Gasteiger partial charge in [-0.3, -0.25) is 0 Å². The largest absolute Gasteiger partial charge is 0.508 e. The van der Waals surface area contributed by atoms with E-state index in [2.05, 4.69) is 4.90 Å². The highest BCUT2D eigenvalue weighted by Crippen LogP contribution is 2.22. The summed E-state index contributed by atoms with van der Waals surface area (Å²) in [6.07, 6.45) is 0. The van der Waals surface area contributed by atoms with Gasteiger partial charge in [0.25, 0.3) is 0 Å². The van der Waals surface area contributed by atoms with Gasteiger partial charge in [0.2, 0.25) is 0 Å². The van der Waals surface area contributed by atoms with Crippen LogP contribution in [0.5, 0.6) is 5.75 Å². The van der Waals surface area contributed by atoms with Gasteiger partial charge in [0.15, 0.2) is 0 Å². The van der Waals surface area contributed by atoms with Crippen molar-refractivity contribution in [3.8, 4) is 5.75 Å². The first kappa shape index (κ1) is 13.4. The first-order valence-corrected chi connectivity index (χ1v) is 6.36. The molecule has 3 nitrogen and oxygen atoms in total. The van der Waals surface area contributed by atoms with Gasteiger partial charge in [0, 0.05) is 24.8 Å². The zero-order valence-electron chi connectivity index (χ0n) is 10.7. The number of anilines is 1. The molecular weight excluding hydrogens is 256 g/mol. The number of benzene rings is 2. The SMILES string of the molecule is CN(Cc1cccc(O)c1)c1ccccc1C(N)=S. The predicted molar refractivity (Wildman–Crippen MR) is 82.5 cm³/mol. The zero-order valence-corrected chi connectivity index (χ0v) is 11.5. The lowest BCUT2D eigenvalue weighted by molar-refractivity contribution is 0.474. The van der Waals surface area contributed by atoms with E-state index in [1.165, 1.54) is 0 Å². The molecule has 0 atom stereocenters. The van der Waals surface area contributed by atoms with Crippen LogP contribution in [0.4, 0.5) is 5.69 Å². The van der Waals surface area contributed by atoms with Crippen molar-refractivity contribution in [1.82, 2.24) is 0 Å². The summed E-state index contributed by atoms with van der Waals surface area (Å²) in [5.74, 6) is 0.272. The molecule has 3 N–H and O–H groups in total. The van der Waals surface area contributed by atoms with E-state index in [9.17, 15) is 5.11 Å². The van der Waals surface area contributed by atoms with Crippen LogP contribution in [-0.2, 0) is 6.54 Å². The monoisotopic (exact) mass is 272 g/mol. The molecule has 2 rings (SSSR count). The summed E-state index contributed by atoms with van der Waals surface area (Å²) in [5.41, 5.74) is 8.61. The van der Waals surface area contributed by atoms with Gasteiger partial charge in [-0.25, -0.2) is 0 Å². The first-order chi connectivity index (χ1) is 9.08. The van der Waals surface area contributed by atoms with Gasteiger partial charge >= 0.3 is 0 Å². The highest BCUT2D eigenvalue weighted by molar-refractivity contribution is 7.80. The molecule has 0 amide bonds. The van der Waals surface area contributed by atoms with E-state index in [4.69, 9.17) is 18.0 Å². The molecule has 19 heavy (non-hydrogen) atoms. The summed E-state index contributed by atoms with van der Waals surface area (Å²) in [6.45, 7) is 0.675. The topological polar surface area (TPSA) is 49.5 Å². The Kier molecular flexibility index (Phi) is 4.02. The van der Waals surface area contributed by atoms with Crippen LogP contribution in [0.2, 0.25) is 0 Å². The number of nitrogens with two attached hydrogens (primary N) is 1. The van der Waals surface area contributed by atoms with Crippen molar-refractivity contribution in [2.45, 2.75) is 6.54 Å². The van der Waals surface area contributed by atoms with Gasteiger partial charge < -0.3 is 15.7 Å². The van der Waals surface area contributed by atoms with Crippen molar-refractivity contribution >= 4 is 22.9 Å². The summed E-state index contributed by atoms with van der Waals surface area (Å²) in [6, 6.07) is 15.0. The van der Waals surface area contributed by atoms with E-state index in [0.717, 1.165) is 16.8 Å². The fraction of sp³-hybridized carbons (Fsp3) is 0.133. The molecule has 0 aliphatic carbocycles. The Bertz CT molecular complexity index is 598. The van der Waals surface area contributed by atoms with Crippen molar-refractivity contribution in [3.05, 3.63) is 59.7 Å². The fourth-order valence-electron chi connectivity index (χ4n) is 2.03. The molecule has 2 aromatic carbocycles. The van der Waals surface area contributed by atoms with Crippen molar-refractivity contribution in [2.75, 3.05) is 11.9 Å². The molecule has 4 heteroatoms. The second-order valence-corrected chi connectivity index (χ2v) is 4.85. The molecule has 0 saturated heterocycles. The first-order valence-electron chi connectivity index (χ1n) is 5.96. The van der Waals surface area contributed by atoms with E-state index in [-0.39, 0.29) is 5.75 Å². The third-order valence-electron chi connectivity index (χ3n) is 2.91. The highest BCUT2D eigenvalue weighted by Gasteiger charge is 2.09. The third-order valence-corrected chi connectivity index (χ3v) is 3.13. The molecule has 0 bridgehead atoms. The van der Waals surface area contributed by atoms with E-state index in [1.54, 1.807) is 12.1 Å². The standard InChI is InChI=1S/C15H16N2OS/c1-17(10-11-5-4-6-12(18)9-11)14-8-3-2-7-13(14)15(16)19/h2-9,18H,10H2,1H3,(H2,16,19). The maximum absolute atomic E-state index is 9.48. The van der Waals surface area contributed by atoms with Crippen LogP contribution in [0.15, 0.2) is 48.5 Å². The summed E-state index contributed by atoms with van der Waals surface area (Å²) in [7, 11) is 1.97. The summed E-state index contributed by atoms with van der Waals surface area (Å²) >= 11 is 5.07. The Morgan fingerprint density at radius 2 is 1.95 bits per heavy atom. The minimum absolute atomic E-state index is 0.272. The van der Waals surface area contributed by atoms with Gasteiger partial charge in [-0.1, -0.05) is 36.5 Å². The number of phenols is 1. The van der Waals surface area contributed by atoms with E-state index < -0.39 is 0 Å². The molecule has 0 fully saturated rings. The van der Waals surface area contributed by atoms with Crippen molar-refractivity contribution in [1.29, 1.82) is 0 Å². The van der Waals surface area contributed by atoms with Crippen LogP contribution < -0.4 is 10.6 Å². The van der Waals surface area contributed by atoms with Crippen molar-refractivity contribution in [3.63, 3.8) is 0 Å². The lowest BCUT2D eigenvalue weighted by atomic mass is 10.1. The van der Waals surface area contributed by atoms with Crippen LogP contribution in [0, 0.1) is 0 Å². The van der Waals surface area contributed by atoms with Crippen molar-refractivity contribution in [2.24, 2.45) is 5.73 Å². The van der Waals surface area contributed by atoms with Crippen LogP contribution >= 0.6 is 12.2 Å². The summed E-state index contributed by atoms with van der Waals surface area (Å²) in [4.78, 5) is 2.45.